The quantitative estimate of drug-likeness (QED) is 0.230. The molecule has 0 saturated carbocycles. The maximum atomic E-state index is 13.2. The van der Waals surface area contributed by atoms with E-state index in [0.717, 1.165) is 22.5 Å². The number of aromatic nitrogens is 2. The van der Waals surface area contributed by atoms with E-state index in [1.807, 2.05) is 115 Å². The fraction of sp³-hybridized carbons (Fsp3) is 0.0357. The molecule has 0 amide bonds. The zero-order valence-corrected chi connectivity index (χ0v) is 19.1. The molecule has 0 aliphatic carbocycles. The van der Waals surface area contributed by atoms with Gasteiger partial charge in [0.2, 0.25) is 0 Å². The third kappa shape index (κ3) is 5.08. The summed E-state index contributed by atoms with van der Waals surface area (Å²) in [5.41, 5.74) is 4.39. The van der Waals surface area contributed by atoms with Crippen molar-refractivity contribution >= 4 is 39.3 Å². The molecular formula is C28H22N4OS. The van der Waals surface area contributed by atoms with E-state index in [2.05, 4.69) is 10.3 Å². The van der Waals surface area contributed by atoms with Gasteiger partial charge in [0, 0.05) is 5.69 Å². The number of para-hydroxylation sites is 4. The van der Waals surface area contributed by atoms with Crippen molar-refractivity contribution in [3.05, 3.63) is 137 Å². The first-order valence-electron chi connectivity index (χ1n) is 10.9. The summed E-state index contributed by atoms with van der Waals surface area (Å²) in [4.78, 5) is 25.8. The molecule has 1 heterocycles. The van der Waals surface area contributed by atoms with E-state index < -0.39 is 0 Å². The van der Waals surface area contributed by atoms with Crippen LogP contribution < -0.4 is 10.9 Å². The van der Waals surface area contributed by atoms with Crippen molar-refractivity contribution in [2.24, 2.45) is 4.99 Å². The highest BCUT2D eigenvalue weighted by Crippen LogP contribution is 2.35. The normalized spacial score (nSPS) is 12.4. The van der Waals surface area contributed by atoms with Crippen molar-refractivity contribution in [3.63, 3.8) is 0 Å². The molecule has 0 bridgehead atoms. The number of hydrogen-bond donors (Lipinski definition) is 2. The minimum absolute atomic E-state index is 0.209. The van der Waals surface area contributed by atoms with Crippen LogP contribution in [-0.4, -0.2) is 15.1 Å². The molecule has 5 rings (SSSR count). The number of rotatable bonds is 5. The van der Waals surface area contributed by atoms with E-state index in [4.69, 9.17) is 9.98 Å². The second-order valence-electron chi connectivity index (χ2n) is 7.62. The Labute approximate surface area is 201 Å². The smallest absolute Gasteiger partial charge is 0.271 e. The summed E-state index contributed by atoms with van der Waals surface area (Å²) in [7, 11) is 0. The van der Waals surface area contributed by atoms with Crippen LogP contribution in [0.15, 0.2) is 125 Å². The van der Waals surface area contributed by atoms with Crippen LogP contribution in [0.3, 0.4) is 0 Å². The van der Waals surface area contributed by atoms with Gasteiger partial charge in [0.1, 0.15) is 5.69 Å². The fourth-order valence-corrected chi connectivity index (χ4v) is 4.71. The third-order valence-electron chi connectivity index (χ3n) is 5.22. The van der Waals surface area contributed by atoms with Crippen LogP contribution in [0.5, 0.6) is 0 Å². The van der Waals surface area contributed by atoms with E-state index in [9.17, 15) is 4.79 Å². The Morgan fingerprint density at radius 1 is 0.794 bits per heavy atom. The van der Waals surface area contributed by atoms with Gasteiger partial charge < -0.3 is 10.3 Å². The molecule has 0 fully saturated rings. The maximum Gasteiger partial charge on any atom is 0.271 e. The van der Waals surface area contributed by atoms with E-state index in [-0.39, 0.29) is 10.8 Å². The second-order valence-corrected chi connectivity index (χ2v) is 8.71. The fourth-order valence-electron chi connectivity index (χ4n) is 3.59. The monoisotopic (exact) mass is 462 g/mol. The Balaban J connectivity index is 1.61. The zero-order valence-electron chi connectivity index (χ0n) is 18.3. The molecule has 2 N–H and O–H groups in total. The average molecular weight is 463 g/mol. The van der Waals surface area contributed by atoms with Crippen LogP contribution in [-0.2, 0) is 0 Å². The molecule has 1 unspecified atom stereocenters. The lowest BCUT2D eigenvalue weighted by atomic mass is 10.1. The number of aliphatic imine (C=N–C) groups is 1. The summed E-state index contributed by atoms with van der Waals surface area (Å²) in [5.74, 6) is 0. The summed E-state index contributed by atoms with van der Waals surface area (Å²) < 4.78 is 0. The molecule has 5 aromatic rings. The Bertz CT molecular complexity index is 1470. The second kappa shape index (κ2) is 10.2. The van der Waals surface area contributed by atoms with Gasteiger partial charge in [0.15, 0.2) is 5.17 Å². The number of aromatic amines is 1. The predicted molar refractivity (Wildman–Crippen MR) is 142 cm³/mol. The molecule has 0 radical (unpaired) electrons. The van der Waals surface area contributed by atoms with Crippen molar-refractivity contribution in [3.8, 4) is 0 Å². The number of hydrogen-bond acceptors (Lipinski definition) is 4. The topological polar surface area (TPSA) is 70.1 Å². The van der Waals surface area contributed by atoms with Gasteiger partial charge in [-0.25, -0.2) is 9.98 Å². The van der Waals surface area contributed by atoms with E-state index in [1.165, 1.54) is 11.8 Å². The highest BCUT2D eigenvalue weighted by molar-refractivity contribution is 8.14. The number of thioether (sulfide) groups is 1. The number of fused-ring (bicyclic) bond motifs is 1. The number of nitrogens with one attached hydrogen (secondary N) is 2. The van der Waals surface area contributed by atoms with E-state index in [1.54, 1.807) is 0 Å². The first-order valence-corrected chi connectivity index (χ1v) is 11.8. The van der Waals surface area contributed by atoms with Crippen molar-refractivity contribution in [1.82, 2.24) is 9.97 Å². The van der Waals surface area contributed by atoms with Gasteiger partial charge in [-0.3, -0.25) is 4.79 Å². The first kappa shape index (κ1) is 21.7. The van der Waals surface area contributed by atoms with Crippen molar-refractivity contribution in [2.45, 2.75) is 5.25 Å². The van der Waals surface area contributed by atoms with Crippen LogP contribution in [0, 0.1) is 0 Å². The molecular weight excluding hydrogens is 440 g/mol. The molecule has 0 saturated heterocycles. The summed E-state index contributed by atoms with van der Waals surface area (Å²) in [6, 6.07) is 37.1. The number of anilines is 1. The van der Waals surface area contributed by atoms with Crippen LogP contribution in [0.25, 0.3) is 11.0 Å². The van der Waals surface area contributed by atoms with Crippen molar-refractivity contribution in [1.29, 1.82) is 0 Å². The molecule has 34 heavy (non-hydrogen) atoms. The molecule has 6 heteroatoms. The highest BCUT2D eigenvalue weighted by atomic mass is 32.2. The van der Waals surface area contributed by atoms with Gasteiger partial charge in [0.05, 0.1) is 22.0 Å². The number of benzene rings is 4. The Kier molecular flexibility index (Phi) is 6.49. The number of H-pyrrole nitrogens is 1. The molecule has 4 aromatic carbocycles. The molecule has 1 atom stereocenters. The summed E-state index contributed by atoms with van der Waals surface area (Å²) in [5, 5.41) is 3.73. The molecule has 5 nitrogen and oxygen atoms in total. The molecule has 166 valence electrons. The molecule has 0 spiro atoms. The first-order chi connectivity index (χ1) is 16.8. The lowest BCUT2D eigenvalue weighted by Gasteiger charge is -2.19. The van der Waals surface area contributed by atoms with Gasteiger partial charge >= 0.3 is 0 Å². The van der Waals surface area contributed by atoms with Gasteiger partial charge in [0.25, 0.3) is 5.56 Å². The van der Waals surface area contributed by atoms with Crippen LogP contribution in [0.4, 0.5) is 11.4 Å². The summed E-state index contributed by atoms with van der Waals surface area (Å²) >= 11 is 1.46. The minimum atomic E-state index is -0.367. The lowest BCUT2D eigenvalue weighted by Crippen LogP contribution is -2.20. The van der Waals surface area contributed by atoms with Crippen molar-refractivity contribution < 1.29 is 0 Å². The molecule has 1 aromatic heterocycles. The Morgan fingerprint density at radius 2 is 1.41 bits per heavy atom. The van der Waals surface area contributed by atoms with Gasteiger partial charge in [-0.15, -0.1) is 0 Å². The van der Waals surface area contributed by atoms with Gasteiger partial charge in [-0.2, -0.15) is 0 Å². The average Bonchev–Trinajstić information content (AvgIpc) is 2.89. The molecule has 0 aliphatic rings. The van der Waals surface area contributed by atoms with Crippen LogP contribution in [0.2, 0.25) is 0 Å². The van der Waals surface area contributed by atoms with Crippen LogP contribution in [0.1, 0.15) is 16.5 Å². The Hall–Kier alpha value is -4.16. The SMILES string of the molecule is O=c1[nH]c2ccccc2nc1C(SC(=Nc1ccccc1)Nc1ccccc1)c1ccccc1. The van der Waals surface area contributed by atoms with Gasteiger partial charge in [-0.1, -0.05) is 90.6 Å². The summed E-state index contributed by atoms with van der Waals surface area (Å²) in [6.45, 7) is 0. The minimum Gasteiger partial charge on any atom is -0.335 e. The Morgan fingerprint density at radius 3 is 2.15 bits per heavy atom. The number of amidine groups is 1. The van der Waals surface area contributed by atoms with Gasteiger partial charge in [-0.05, 0) is 42.0 Å². The predicted octanol–water partition coefficient (Wildman–Crippen LogP) is 6.55. The maximum absolute atomic E-state index is 13.2. The standard InChI is InChI=1S/C28H22N4OS/c33-27-25(31-23-18-10-11-19-24(23)32-27)26(20-12-4-1-5-13-20)34-28(29-21-14-6-2-7-15-21)30-22-16-8-3-9-17-22/h1-19,26H,(H,29,30)(H,32,33). The van der Waals surface area contributed by atoms with E-state index in [0.29, 0.717) is 16.4 Å². The zero-order chi connectivity index (χ0) is 23.2. The molecule has 0 aliphatic heterocycles. The third-order valence-corrected chi connectivity index (χ3v) is 6.37. The largest absolute Gasteiger partial charge is 0.335 e. The summed E-state index contributed by atoms with van der Waals surface area (Å²) in [6.07, 6.45) is 0. The number of nitrogens with zero attached hydrogens (tertiary/aromatic N) is 2. The lowest BCUT2D eigenvalue weighted by molar-refractivity contribution is 1.01. The van der Waals surface area contributed by atoms with Crippen molar-refractivity contribution in [2.75, 3.05) is 5.32 Å². The van der Waals surface area contributed by atoms with E-state index >= 15 is 0 Å². The highest BCUT2D eigenvalue weighted by Gasteiger charge is 2.23. The van der Waals surface area contributed by atoms with Crippen LogP contribution >= 0.6 is 11.8 Å².